The van der Waals surface area contributed by atoms with Crippen LogP contribution >= 0.6 is 11.6 Å². The summed E-state index contributed by atoms with van der Waals surface area (Å²) in [5.41, 5.74) is 7.36. The molecule has 1 aromatic heterocycles. The summed E-state index contributed by atoms with van der Waals surface area (Å²) in [5.74, 6) is 1.50. The number of aryl methyl sites for hydroxylation is 1. The molecule has 1 aromatic carbocycles. The summed E-state index contributed by atoms with van der Waals surface area (Å²) in [7, 11) is 3.52. The van der Waals surface area contributed by atoms with Crippen LogP contribution in [0.1, 0.15) is 5.69 Å². The second kappa shape index (κ2) is 4.77. The van der Waals surface area contributed by atoms with E-state index in [1.807, 2.05) is 36.0 Å². The molecule has 0 saturated carbocycles. The molecule has 0 aliphatic heterocycles. The highest BCUT2D eigenvalue weighted by atomic mass is 35.5. The van der Waals surface area contributed by atoms with E-state index in [1.54, 1.807) is 7.11 Å². The second-order valence-electron chi connectivity index (χ2n) is 3.72. The van der Waals surface area contributed by atoms with Gasteiger partial charge in [0.15, 0.2) is 0 Å². The van der Waals surface area contributed by atoms with E-state index in [-0.39, 0.29) is 0 Å². The summed E-state index contributed by atoms with van der Waals surface area (Å²) in [6.07, 6.45) is 1.91. The zero-order valence-corrected chi connectivity index (χ0v) is 10.5. The molecule has 5 heteroatoms. The van der Waals surface area contributed by atoms with Crippen LogP contribution in [-0.4, -0.2) is 16.7 Å². The Bertz CT molecular complexity index is 537. The van der Waals surface area contributed by atoms with E-state index < -0.39 is 0 Å². The molecule has 1 heterocycles. The summed E-state index contributed by atoms with van der Waals surface area (Å²) < 4.78 is 7.04. The molecule has 2 N–H and O–H groups in total. The number of halogens is 1. The van der Waals surface area contributed by atoms with Crippen molar-refractivity contribution in [3.8, 4) is 17.1 Å². The van der Waals surface area contributed by atoms with E-state index in [1.165, 1.54) is 0 Å². The van der Waals surface area contributed by atoms with Gasteiger partial charge in [0.05, 0.1) is 17.8 Å². The Hall–Kier alpha value is -1.52. The highest BCUT2D eigenvalue weighted by molar-refractivity contribution is 6.32. The summed E-state index contributed by atoms with van der Waals surface area (Å²) in [4.78, 5) is 4.43. The average molecular weight is 252 g/mol. The monoisotopic (exact) mass is 251 g/mol. The van der Waals surface area contributed by atoms with Crippen LogP contribution in [0.3, 0.4) is 0 Å². The summed E-state index contributed by atoms with van der Waals surface area (Å²) >= 11 is 6.09. The van der Waals surface area contributed by atoms with Crippen LogP contribution < -0.4 is 10.5 Å². The first kappa shape index (κ1) is 12.0. The smallest absolute Gasteiger partial charge is 0.140 e. The fraction of sp³-hybridized carbons (Fsp3) is 0.250. The van der Waals surface area contributed by atoms with E-state index in [2.05, 4.69) is 4.98 Å². The lowest BCUT2D eigenvalue weighted by Crippen LogP contribution is -1.95. The van der Waals surface area contributed by atoms with Crippen LogP contribution in [0, 0.1) is 0 Å². The molecule has 90 valence electrons. The molecule has 0 spiro atoms. The predicted octanol–water partition coefficient (Wildman–Crippen LogP) is 2.21. The molecule has 0 atom stereocenters. The van der Waals surface area contributed by atoms with E-state index in [9.17, 15) is 0 Å². The molecule has 0 unspecified atom stereocenters. The minimum absolute atomic E-state index is 0.428. The lowest BCUT2D eigenvalue weighted by Gasteiger charge is -2.05. The molecule has 0 saturated heterocycles. The van der Waals surface area contributed by atoms with Crippen molar-refractivity contribution in [1.82, 2.24) is 9.55 Å². The van der Waals surface area contributed by atoms with Gasteiger partial charge in [0.25, 0.3) is 0 Å². The first-order valence-electron chi connectivity index (χ1n) is 5.22. The van der Waals surface area contributed by atoms with E-state index in [0.29, 0.717) is 17.3 Å². The molecule has 0 fully saturated rings. The molecule has 0 aliphatic rings. The highest BCUT2D eigenvalue weighted by Gasteiger charge is 2.09. The topological polar surface area (TPSA) is 53.1 Å². The number of ether oxygens (including phenoxy) is 1. The van der Waals surface area contributed by atoms with Crippen molar-refractivity contribution in [2.75, 3.05) is 7.11 Å². The van der Waals surface area contributed by atoms with Crippen molar-refractivity contribution in [3.63, 3.8) is 0 Å². The third-order valence-corrected chi connectivity index (χ3v) is 2.84. The van der Waals surface area contributed by atoms with Gasteiger partial charge < -0.3 is 15.0 Å². The van der Waals surface area contributed by atoms with Gasteiger partial charge >= 0.3 is 0 Å². The largest absolute Gasteiger partial charge is 0.495 e. The van der Waals surface area contributed by atoms with Gasteiger partial charge in [-0.15, -0.1) is 0 Å². The number of nitrogens with zero attached hydrogens (tertiary/aromatic N) is 2. The number of methoxy groups -OCH3 is 1. The van der Waals surface area contributed by atoms with Crippen LogP contribution in [0.15, 0.2) is 24.4 Å². The molecule has 2 aromatic rings. The van der Waals surface area contributed by atoms with Crippen molar-refractivity contribution in [2.45, 2.75) is 6.54 Å². The van der Waals surface area contributed by atoms with Crippen LogP contribution in [-0.2, 0) is 13.6 Å². The third kappa shape index (κ3) is 2.28. The van der Waals surface area contributed by atoms with Gasteiger partial charge in [-0.25, -0.2) is 4.98 Å². The van der Waals surface area contributed by atoms with Crippen molar-refractivity contribution in [1.29, 1.82) is 0 Å². The maximum Gasteiger partial charge on any atom is 0.140 e. The molecule has 0 bridgehead atoms. The van der Waals surface area contributed by atoms with Gasteiger partial charge in [0.2, 0.25) is 0 Å². The van der Waals surface area contributed by atoms with E-state index >= 15 is 0 Å². The van der Waals surface area contributed by atoms with Crippen LogP contribution in [0.4, 0.5) is 0 Å². The molecule has 17 heavy (non-hydrogen) atoms. The zero-order valence-electron chi connectivity index (χ0n) is 9.77. The molecular formula is C12H14ClN3O. The normalized spacial score (nSPS) is 10.6. The fourth-order valence-electron chi connectivity index (χ4n) is 1.70. The Balaban J connectivity index is 2.45. The lowest BCUT2D eigenvalue weighted by molar-refractivity contribution is 0.415. The molecule has 4 nitrogen and oxygen atoms in total. The Morgan fingerprint density at radius 2 is 2.24 bits per heavy atom. The quantitative estimate of drug-likeness (QED) is 0.910. The Kier molecular flexibility index (Phi) is 3.36. The zero-order chi connectivity index (χ0) is 12.4. The fourth-order valence-corrected chi connectivity index (χ4v) is 1.96. The van der Waals surface area contributed by atoms with Gasteiger partial charge in [-0.2, -0.15) is 0 Å². The third-order valence-electron chi connectivity index (χ3n) is 2.55. The maximum atomic E-state index is 6.09. The predicted molar refractivity (Wildman–Crippen MR) is 68.1 cm³/mol. The van der Waals surface area contributed by atoms with Crippen molar-refractivity contribution < 1.29 is 4.74 Å². The van der Waals surface area contributed by atoms with Crippen LogP contribution in [0.2, 0.25) is 5.02 Å². The lowest BCUT2D eigenvalue weighted by atomic mass is 10.2. The van der Waals surface area contributed by atoms with Crippen molar-refractivity contribution >= 4 is 11.6 Å². The van der Waals surface area contributed by atoms with Crippen molar-refractivity contribution in [2.24, 2.45) is 12.8 Å². The first-order chi connectivity index (χ1) is 8.15. The van der Waals surface area contributed by atoms with Gasteiger partial charge in [0.1, 0.15) is 11.6 Å². The van der Waals surface area contributed by atoms with Crippen LogP contribution in [0.5, 0.6) is 5.75 Å². The van der Waals surface area contributed by atoms with E-state index in [0.717, 1.165) is 17.1 Å². The average Bonchev–Trinajstić information content (AvgIpc) is 2.70. The number of imidazole rings is 1. The second-order valence-corrected chi connectivity index (χ2v) is 4.13. The Labute approximate surface area is 105 Å². The number of benzene rings is 1. The van der Waals surface area contributed by atoms with E-state index in [4.69, 9.17) is 22.1 Å². The molecule has 0 amide bonds. The van der Waals surface area contributed by atoms with Gasteiger partial charge in [-0.05, 0) is 18.2 Å². The number of hydrogen-bond donors (Lipinski definition) is 1. The SMILES string of the molecule is COc1ccc(-c2nc(CN)cn2C)cc1Cl. The Morgan fingerprint density at radius 1 is 1.47 bits per heavy atom. The summed E-state index contributed by atoms with van der Waals surface area (Å²) in [5, 5.41) is 0.572. The number of nitrogens with two attached hydrogens (primary N) is 1. The maximum absolute atomic E-state index is 6.09. The summed E-state index contributed by atoms with van der Waals surface area (Å²) in [6, 6.07) is 5.59. The van der Waals surface area contributed by atoms with Gasteiger partial charge in [-0.3, -0.25) is 0 Å². The number of hydrogen-bond acceptors (Lipinski definition) is 3. The minimum atomic E-state index is 0.428. The Morgan fingerprint density at radius 3 is 2.76 bits per heavy atom. The molecular weight excluding hydrogens is 238 g/mol. The number of rotatable bonds is 3. The van der Waals surface area contributed by atoms with Crippen molar-refractivity contribution in [3.05, 3.63) is 35.1 Å². The molecule has 2 rings (SSSR count). The molecule has 0 aliphatic carbocycles. The first-order valence-corrected chi connectivity index (χ1v) is 5.59. The highest BCUT2D eigenvalue weighted by Crippen LogP contribution is 2.29. The molecule has 0 radical (unpaired) electrons. The van der Waals surface area contributed by atoms with Crippen LogP contribution in [0.25, 0.3) is 11.4 Å². The number of aromatic nitrogens is 2. The summed E-state index contributed by atoms with van der Waals surface area (Å²) in [6.45, 7) is 0.428. The van der Waals surface area contributed by atoms with Gasteiger partial charge in [0, 0.05) is 25.4 Å². The minimum Gasteiger partial charge on any atom is -0.495 e. The van der Waals surface area contributed by atoms with Gasteiger partial charge in [-0.1, -0.05) is 11.6 Å². The standard InChI is InChI=1S/C12H14ClN3O/c1-16-7-9(6-14)15-12(16)8-3-4-11(17-2)10(13)5-8/h3-5,7H,6,14H2,1-2H3.